The summed E-state index contributed by atoms with van der Waals surface area (Å²) in [4.78, 5) is 0. The Morgan fingerprint density at radius 1 is 0.778 bits per heavy atom. The third kappa shape index (κ3) is 4.87. The molecule has 2 fully saturated rings. The highest BCUT2D eigenvalue weighted by Crippen LogP contribution is 2.28. The van der Waals surface area contributed by atoms with Crippen LogP contribution in [0.15, 0.2) is 0 Å². The maximum absolute atomic E-state index is 8.72. The van der Waals surface area contributed by atoms with Crippen molar-refractivity contribution in [3.8, 4) is 0 Å². The molecule has 2 saturated carbocycles. The molecule has 0 saturated heterocycles. The third-order valence-electron chi connectivity index (χ3n) is 4.21. The Kier molecular flexibility index (Phi) is 6.46. The van der Waals surface area contributed by atoms with Crippen molar-refractivity contribution in [3.63, 3.8) is 0 Å². The topological polar surface area (TPSA) is 38.7 Å². The van der Waals surface area contributed by atoms with Crippen molar-refractivity contribution in [1.82, 2.24) is 0 Å². The van der Waals surface area contributed by atoms with Gasteiger partial charge in [-0.15, -0.1) is 0 Å². The first-order valence-corrected chi connectivity index (χ1v) is 7.76. The zero-order valence-electron chi connectivity index (χ0n) is 11.5. The van der Waals surface area contributed by atoms with Gasteiger partial charge >= 0.3 is 0 Å². The molecule has 0 aromatic heterocycles. The zero-order valence-corrected chi connectivity index (χ0v) is 11.5. The third-order valence-corrected chi connectivity index (χ3v) is 4.21. The molecule has 0 spiro atoms. The Labute approximate surface area is 111 Å². The van der Waals surface area contributed by atoms with Gasteiger partial charge in [-0.2, -0.15) is 0 Å². The van der Waals surface area contributed by atoms with Gasteiger partial charge in [0.1, 0.15) is 0 Å². The summed E-state index contributed by atoms with van der Waals surface area (Å²) in [6.07, 6.45) is 13.4. The highest BCUT2D eigenvalue weighted by molar-refractivity contribution is 4.75. The monoisotopic (exact) mass is 256 g/mol. The molecule has 1 N–H and O–H groups in total. The van der Waals surface area contributed by atoms with Gasteiger partial charge in [0.05, 0.1) is 18.3 Å². The summed E-state index contributed by atoms with van der Waals surface area (Å²) < 4.78 is 12.0. The number of aliphatic hydroxyl groups excluding tert-OH is 1. The quantitative estimate of drug-likeness (QED) is 0.742. The Morgan fingerprint density at radius 2 is 1.39 bits per heavy atom. The van der Waals surface area contributed by atoms with Gasteiger partial charge in [0.2, 0.25) is 0 Å². The van der Waals surface area contributed by atoms with E-state index in [1.165, 1.54) is 32.1 Å². The van der Waals surface area contributed by atoms with Crippen molar-refractivity contribution >= 4 is 0 Å². The standard InChI is InChI=1S/C15H28O3/c16-11-4-12-17-13-7-9-15(10-8-13)18-14-5-2-1-3-6-14/h13-16H,1-12H2. The lowest BCUT2D eigenvalue weighted by Crippen LogP contribution is -2.31. The molecule has 0 atom stereocenters. The van der Waals surface area contributed by atoms with E-state index in [9.17, 15) is 0 Å². The molecule has 0 bridgehead atoms. The van der Waals surface area contributed by atoms with Crippen LogP contribution in [0.2, 0.25) is 0 Å². The highest BCUT2D eigenvalue weighted by atomic mass is 16.5. The first-order valence-electron chi connectivity index (χ1n) is 7.76. The van der Waals surface area contributed by atoms with Crippen molar-refractivity contribution in [1.29, 1.82) is 0 Å². The first kappa shape index (κ1) is 14.3. The molecule has 0 aromatic rings. The minimum absolute atomic E-state index is 0.236. The van der Waals surface area contributed by atoms with Crippen LogP contribution >= 0.6 is 0 Å². The van der Waals surface area contributed by atoms with Crippen LogP contribution in [-0.2, 0) is 9.47 Å². The van der Waals surface area contributed by atoms with Gasteiger partial charge in [0.15, 0.2) is 0 Å². The predicted molar refractivity (Wildman–Crippen MR) is 71.7 cm³/mol. The van der Waals surface area contributed by atoms with Crippen LogP contribution in [-0.4, -0.2) is 36.6 Å². The first-order chi connectivity index (χ1) is 8.88. The van der Waals surface area contributed by atoms with Crippen LogP contribution in [0.25, 0.3) is 0 Å². The summed E-state index contributed by atoms with van der Waals surface area (Å²) >= 11 is 0. The smallest absolute Gasteiger partial charge is 0.0580 e. The second-order valence-electron chi connectivity index (χ2n) is 5.74. The lowest BCUT2D eigenvalue weighted by molar-refractivity contribution is -0.0723. The number of aliphatic hydroxyl groups is 1. The maximum atomic E-state index is 8.72. The van der Waals surface area contributed by atoms with E-state index in [2.05, 4.69) is 0 Å². The molecule has 18 heavy (non-hydrogen) atoms. The van der Waals surface area contributed by atoms with Gasteiger partial charge in [0, 0.05) is 13.2 Å². The summed E-state index contributed by atoms with van der Waals surface area (Å²) in [7, 11) is 0. The average molecular weight is 256 g/mol. The molecule has 106 valence electrons. The van der Waals surface area contributed by atoms with E-state index in [-0.39, 0.29) is 6.61 Å². The van der Waals surface area contributed by atoms with Crippen molar-refractivity contribution in [2.24, 2.45) is 0 Å². The summed E-state index contributed by atoms with van der Waals surface area (Å²) in [5, 5.41) is 8.72. The molecule has 0 aromatic carbocycles. The lowest BCUT2D eigenvalue weighted by atomic mass is 9.93. The molecule has 0 unspecified atom stereocenters. The summed E-state index contributed by atoms with van der Waals surface area (Å²) in [5.41, 5.74) is 0. The van der Waals surface area contributed by atoms with Crippen LogP contribution in [0, 0.1) is 0 Å². The van der Waals surface area contributed by atoms with E-state index in [1.54, 1.807) is 0 Å². The molecule has 0 heterocycles. The van der Waals surface area contributed by atoms with Crippen molar-refractivity contribution in [2.45, 2.75) is 82.5 Å². The molecule has 2 rings (SSSR count). The van der Waals surface area contributed by atoms with Gasteiger partial charge < -0.3 is 14.6 Å². The maximum Gasteiger partial charge on any atom is 0.0580 e. The Bertz CT molecular complexity index is 206. The number of ether oxygens (including phenoxy) is 2. The molecular weight excluding hydrogens is 228 g/mol. The van der Waals surface area contributed by atoms with Crippen LogP contribution in [0.5, 0.6) is 0 Å². The SMILES string of the molecule is OCCCOC1CCC(OC2CCCCC2)CC1. The minimum Gasteiger partial charge on any atom is -0.396 e. The fourth-order valence-corrected chi connectivity index (χ4v) is 3.12. The van der Waals surface area contributed by atoms with Gasteiger partial charge in [-0.05, 0) is 44.9 Å². The molecule has 0 aliphatic heterocycles. The number of hydrogen-bond acceptors (Lipinski definition) is 3. The molecule has 3 nitrogen and oxygen atoms in total. The average Bonchev–Trinajstić information content (AvgIpc) is 2.42. The molecule has 2 aliphatic rings. The van der Waals surface area contributed by atoms with Crippen LogP contribution < -0.4 is 0 Å². The van der Waals surface area contributed by atoms with E-state index < -0.39 is 0 Å². The number of hydrogen-bond donors (Lipinski definition) is 1. The summed E-state index contributed by atoms with van der Waals surface area (Å²) in [5.74, 6) is 0. The van der Waals surface area contributed by atoms with Crippen LogP contribution in [0.3, 0.4) is 0 Å². The summed E-state index contributed by atoms with van der Waals surface area (Å²) in [6.45, 7) is 0.940. The lowest BCUT2D eigenvalue weighted by Gasteiger charge is -2.32. The molecule has 0 radical (unpaired) electrons. The molecule has 2 aliphatic carbocycles. The van der Waals surface area contributed by atoms with Gasteiger partial charge in [-0.25, -0.2) is 0 Å². The Morgan fingerprint density at radius 3 is 2.06 bits per heavy atom. The molecule has 3 heteroatoms. The van der Waals surface area contributed by atoms with Gasteiger partial charge in [-0.3, -0.25) is 0 Å². The van der Waals surface area contributed by atoms with Crippen molar-refractivity contribution in [3.05, 3.63) is 0 Å². The summed E-state index contributed by atoms with van der Waals surface area (Å²) in [6, 6.07) is 0. The highest BCUT2D eigenvalue weighted by Gasteiger charge is 2.25. The van der Waals surface area contributed by atoms with Gasteiger partial charge in [-0.1, -0.05) is 19.3 Å². The van der Waals surface area contributed by atoms with E-state index in [0.717, 1.165) is 32.1 Å². The van der Waals surface area contributed by atoms with E-state index >= 15 is 0 Å². The van der Waals surface area contributed by atoms with E-state index in [0.29, 0.717) is 24.9 Å². The normalized spacial score (nSPS) is 30.5. The predicted octanol–water partition coefficient (Wildman–Crippen LogP) is 3.05. The second-order valence-corrected chi connectivity index (χ2v) is 5.74. The fourth-order valence-electron chi connectivity index (χ4n) is 3.12. The largest absolute Gasteiger partial charge is 0.396 e. The van der Waals surface area contributed by atoms with E-state index in [4.69, 9.17) is 14.6 Å². The van der Waals surface area contributed by atoms with Crippen molar-refractivity contribution in [2.75, 3.05) is 13.2 Å². The minimum atomic E-state index is 0.236. The second kappa shape index (κ2) is 8.13. The van der Waals surface area contributed by atoms with Gasteiger partial charge in [0.25, 0.3) is 0 Å². The Balaban J connectivity index is 1.57. The molecular formula is C15H28O3. The van der Waals surface area contributed by atoms with Crippen molar-refractivity contribution < 1.29 is 14.6 Å². The number of rotatable bonds is 6. The van der Waals surface area contributed by atoms with Crippen LogP contribution in [0.4, 0.5) is 0 Å². The van der Waals surface area contributed by atoms with Crippen LogP contribution in [0.1, 0.15) is 64.2 Å². The zero-order chi connectivity index (χ0) is 12.6. The Hall–Kier alpha value is -0.120. The van der Waals surface area contributed by atoms with E-state index in [1.807, 2.05) is 0 Å². The molecule has 0 amide bonds. The fraction of sp³-hybridized carbons (Fsp3) is 1.00.